The Labute approximate surface area is 170 Å². The van der Waals surface area contributed by atoms with Crippen molar-refractivity contribution in [1.82, 2.24) is 5.32 Å². The molecule has 3 aromatic rings. The van der Waals surface area contributed by atoms with Gasteiger partial charge in [-0.25, -0.2) is 4.99 Å². The largest absolute Gasteiger partial charge is 0.497 e. The summed E-state index contributed by atoms with van der Waals surface area (Å²) in [5, 5.41) is 3.37. The molecular formula is C23H22ClN3O. The average Bonchev–Trinajstić information content (AvgIpc) is 2.72. The molecule has 0 heterocycles. The molecule has 0 radical (unpaired) electrons. The third-order valence-corrected chi connectivity index (χ3v) is 4.41. The maximum Gasteiger partial charge on any atom is 0.193 e. The van der Waals surface area contributed by atoms with Gasteiger partial charge in [0.1, 0.15) is 5.75 Å². The van der Waals surface area contributed by atoms with Crippen molar-refractivity contribution in [3.63, 3.8) is 0 Å². The highest BCUT2D eigenvalue weighted by Gasteiger charge is 2.13. The first kappa shape index (κ1) is 19.5. The van der Waals surface area contributed by atoms with Gasteiger partial charge in [-0.3, -0.25) is 0 Å². The van der Waals surface area contributed by atoms with Crippen LogP contribution in [0.15, 0.2) is 84.4 Å². The lowest BCUT2D eigenvalue weighted by Crippen LogP contribution is -2.12. The number of nitrogens with zero attached hydrogens (tertiary/aromatic N) is 1. The lowest BCUT2D eigenvalue weighted by molar-refractivity contribution is 0.414. The molecule has 0 aromatic heterocycles. The summed E-state index contributed by atoms with van der Waals surface area (Å²) in [5.41, 5.74) is 11.1. The quantitative estimate of drug-likeness (QED) is 0.326. The fourth-order valence-electron chi connectivity index (χ4n) is 2.96. The van der Waals surface area contributed by atoms with Gasteiger partial charge in [0.2, 0.25) is 0 Å². The number of hydrogen-bond donors (Lipinski definition) is 2. The van der Waals surface area contributed by atoms with E-state index in [1.54, 1.807) is 7.11 Å². The summed E-state index contributed by atoms with van der Waals surface area (Å²) in [5.74, 6) is 0.825. The van der Waals surface area contributed by atoms with E-state index in [0.29, 0.717) is 12.2 Å². The Morgan fingerprint density at radius 1 is 1.04 bits per heavy atom. The molecule has 3 aromatic carbocycles. The van der Waals surface area contributed by atoms with Crippen molar-refractivity contribution in [2.24, 2.45) is 10.7 Å². The molecule has 0 saturated carbocycles. The lowest BCUT2D eigenvalue weighted by atomic mass is 9.96. The number of nitrogens with two attached hydrogens (primary N) is 1. The summed E-state index contributed by atoms with van der Waals surface area (Å²) in [6, 6.07) is 23.8. The minimum absolute atomic E-state index is 0.0191. The molecule has 0 spiro atoms. The van der Waals surface area contributed by atoms with Crippen molar-refractivity contribution < 1.29 is 4.74 Å². The van der Waals surface area contributed by atoms with E-state index in [2.05, 4.69) is 16.9 Å². The maximum atomic E-state index is 5.85. The number of rotatable bonds is 7. The van der Waals surface area contributed by atoms with Crippen LogP contribution in [-0.2, 0) is 6.54 Å². The number of ether oxygens (including phenoxy) is 1. The fraction of sp³-hybridized carbons (Fsp3) is 0.0870. The molecule has 0 atom stereocenters. The van der Waals surface area contributed by atoms with Crippen LogP contribution < -0.4 is 15.8 Å². The Morgan fingerprint density at radius 3 is 2.39 bits per heavy atom. The monoisotopic (exact) mass is 391 g/mol. The molecule has 0 aliphatic heterocycles. The van der Waals surface area contributed by atoms with E-state index in [-0.39, 0.29) is 5.29 Å². The molecule has 0 saturated heterocycles. The van der Waals surface area contributed by atoms with Crippen LogP contribution in [0, 0.1) is 0 Å². The number of hydrogen-bond acceptors (Lipinski definition) is 3. The van der Waals surface area contributed by atoms with E-state index in [4.69, 9.17) is 22.1 Å². The van der Waals surface area contributed by atoms with Crippen LogP contribution in [0.25, 0.3) is 16.8 Å². The molecule has 3 N–H and O–H groups in total. The molecule has 28 heavy (non-hydrogen) atoms. The predicted octanol–water partition coefficient (Wildman–Crippen LogP) is 5.31. The van der Waals surface area contributed by atoms with E-state index >= 15 is 0 Å². The minimum Gasteiger partial charge on any atom is -0.497 e. The van der Waals surface area contributed by atoms with Crippen LogP contribution in [0.1, 0.15) is 11.1 Å². The van der Waals surface area contributed by atoms with Crippen LogP contribution in [-0.4, -0.2) is 12.4 Å². The highest BCUT2D eigenvalue weighted by Crippen LogP contribution is 2.35. The topological polar surface area (TPSA) is 59.6 Å². The predicted molar refractivity (Wildman–Crippen MR) is 118 cm³/mol. The Morgan fingerprint density at radius 2 is 1.75 bits per heavy atom. The van der Waals surface area contributed by atoms with Gasteiger partial charge >= 0.3 is 0 Å². The number of amidine groups is 1. The van der Waals surface area contributed by atoms with Crippen LogP contribution in [0.5, 0.6) is 5.75 Å². The lowest BCUT2D eigenvalue weighted by Gasteiger charge is -2.17. The first-order chi connectivity index (χ1) is 13.6. The van der Waals surface area contributed by atoms with Gasteiger partial charge in [0.05, 0.1) is 12.8 Å². The third-order valence-electron chi connectivity index (χ3n) is 4.32. The Bertz CT molecular complexity index is 978. The zero-order valence-electron chi connectivity index (χ0n) is 15.7. The van der Waals surface area contributed by atoms with E-state index in [9.17, 15) is 0 Å². The van der Waals surface area contributed by atoms with Gasteiger partial charge in [-0.2, -0.15) is 0 Å². The molecule has 142 valence electrons. The van der Waals surface area contributed by atoms with Crippen molar-refractivity contribution in [3.8, 4) is 16.9 Å². The first-order valence-electron chi connectivity index (χ1n) is 8.82. The Hall–Kier alpha value is -3.24. The summed E-state index contributed by atoms with van der Waals surface area (Å²) < 4.78 is 5.20. The van der Waals surface area contributed by atoms with E-state index < -0.39 is 0 Å². The van der Waals surface area contributed by atoms with Crippen LogP contribution in [0.4, 0.5) is 5.69 Å². The molecule has 0 fully saturated rings. The molecule has 0 amide bonds. The highest BCUT2D eigenvalue weighted by atomic mass is 35.5. The second-order valence-electron chi connectivity index (χ2n) is 6.18. The zero-order valence-corrected chi connectivity index (χ0v) is 16.4. The Balaban J connectivity index is 1.93. The van der Waals surface area contributed by atoms with Crippen molar-refractivity contribution in [2.75, 3.05) is 7.11 Å². The second-order valence-corrected chi connectivity index (χ2v) is 6.57. The van der Waals surface area contributed by atoms with Crippen LogP contribution >= 0.6 is 11.6 Å². The zero-order chi connectivity index (χ0) is 19.9. The van der Waals surface area contributed by atoms with Crippen molar-refractivity contribution in [1.29, 1.82) is 0 Å². The molecule has 5 heteroatoms. The van der Waals surface area contributed by atoms with Gasteiger partial charge < -0.3 is 15.8 Å². The second kappa shape index (κ2) is 9.11. The summed E-state index contributed by atoms with van der Waals surface area (Å²) in [4.78, 5) is 4.29. The third kappa shape index (κ3) is 4.72. The van der Waals surface area contributed by atoms with Gasteiger partial charge in [-0.05, 0) is 46.5 Å². The molecule has 3 rings (SSSR count). The van der Waals surface area contributed by atoms with Crippen molar-refractivity contribution in [3.05, 3.63) is 90.5 Å². The van der Waals surface area contributed by atoms with Gasteiger partial charge in [-0.1, -0.05) is 61.2 Å². The van der Waals surface area contributed by atoms with E-state index in [1.807, 2.05) is 72.8 Å². The smallest absolute Gasteiger partial charge is 0.193 e. The number of aliphatic imine (C=N–C) groups is 1. The molecule has 0 aliphatic carbocycles. The van der Waals surface area contributed by atoms with Gasteiger partial charge in [0, 0.05) is 17.8 Å². The van der Waals surface area contributed by atoms with E-state index in [0.717, 1.165) is 33.7 Å². The summed E-state index contributed by atoms with van der Waals surface area (Å²) >= 11 is 5.85. The standard InChI is InChI=1S/C23H22ClN3O/c1-16(26-15-17-11-13-19(28-2)14-12-17)22-20(18-7-4-3-5-8-18)9-6-10-21(22)27-23(24)25/h3-14,26H,1,15H2,2H3,(H2,25,27). The SMILES string of the molecule is C=C(NCc1ccc(OC)cc1)c1c(N=C(N)Cl)cccc1-c1ccccc1. The van der Waals surface area contributed by atoms with Crippen LogP contribution in [0.3, 0.4) is 0 Å². The summed E-state index contributed by atoms with van der Waals surface area (Å²) in [6.07, 6.45) is 0. The Kier molecular flexibility index (Phi) is 6.35. The number of benzene rings is 3. The number of halogens is 1. The van der Waals surface area contributed by atoms with Crippen molar-refractivity contribution in [2.45, 2.75) is 6.54 Å². The molecule has 0 unspecified atom stereocenters. The minimum atomic E-state index is -0.0191. The number of nitrogens with one attached hydrogen (secondary N) is 1. The van der Waals surface area contributed by atoms with Crippen LogP contribution in [0.2, 0.25) is 0 Å². The summed E-state index contributed by atoms with van der Waals surface area (Å²) in [6.45, 7) is 4.86. The van der Waals surface area contributed by atoms with Gasteiger partial charge in [-0.15, -0.1) is 0 Å². The number of methoxy groups -OCH3 is 1. The van der Waals surface area contributed by atoms with Gasteiger partial charge in [0.25, 0.3) is 0 Å². The van der Waals surface area contributed by atoms with Gasteiger partial charge in [0.15, 0.2) is 5.29 Å². The molecule has 4 nitrogen and oxygen atoms in total. The normalized spacial score (nSPS) is 11.1. The molecule has 0 bridgehead atoms. The van der Waals surface area contributed by atoms with Crippen molar-refractivity contribution >= 4 is 28.3 Å². The molecule has 0 aliphatic rings. The maximum absolute atomic E-state index is 5.85. The molecular weight excluding hydrogens is 370 g/mol. The highest BCUT2D eigenvalue weighted by molar-refractivity contribution is 6.64. The fourth-order valence-corrected chi connectivity index (χ4v) is 3.06. The van der Waals surface area contributed by atoms with E-state index in [1.165, 1.54) is 0 Å². The first-order valence-corrected chi connectivity index (χ1v) is 9.20. The summed E-state index contributed by atoms with van der Waals surface area (Å²) in [7, 11) is 1.65. The average molecular weight is 392 g/mol.